The first-order valence-corrected chi connectivity index (χ1v) is 11.7. The minimum atomic E-state index is -0.613. The molecule has 0 spiro atoms. The van der Waals surface area contributed by atoms with E-state index in [1.807, 2.05) is 26.0 Å². The molecule has 0 radical (unpaired) electrons. The Hall–Kier alpha value is -4.92. The van der Waals surface area contributed by atoms with Crippen molar-refractivity contribution in [1.82, 2.24) is 9.78 Å². The van der Waals surface area contributed by atoms with Gasteiger partial charge in [0.15, 0.2) is 23.9 Å². The molecule has 0 unspecified atom stereocenters. The lowest BCUT2D eigenvalue weighted by molar-refractivity contribution is -0.577. The molecule has 0 bridgehead atoms. The summed E-state index contributed by atoms with van der Waals surface area (Å²) in [5, 5.41) is 18.1. The van der Waals surface area contributed by atoms with Crippen molar-refractivity contribution in [3.63, 3.8) is 0 Å². The number of carbonyl (C=O) groups excluding carboxylic acids is 2. The second kappa shape index (κ2) is 8.34. The normalized spacial score (nSPS) is 14.7. The van der Waals surface area contributed by atoms with Crippen LogP contribution in [0.5, 0.6) is 17.4 Å². The third-order valence-corrected chi connectivity index (χ3v) is 6.34. The van der Waals surface area contributed by atoms with E-state index in [1.165, 1.54) is 4.68 Å². The van der Waals surface area contributed by atoms with Gasteiger partial charge in [0.25, 0.3) is 11.6 Å². The summed E-state index contributed by atoms with van der Waals surface area (Å²) in [5.74, 6) is -0.681. The van der Waals surface area contributed by atoms with Gasteiger partial charge in [0.1, 0.15) is 5.57 Å². The van der Waals surface area contributed by atoms with Crippen LogP contribution in [0.4, 0.5) is 5.69 Å². The van der Waals surface area contributed by atoms with Gasteiger partial charge in [0, 0.05) is 22.8 Å². The second-order valence-electron chi connectivity index (χ2n) is 9.02. The Kier molecular flexibility index (Phi) is 5.08. The molecule has 9 heteroatoms. The number of hydrogen-bond donors (Lipinski definition) is 0. The standard InChI is InChI=1S/C28H22N4O5/c1-16-11-17(2)14-30(13-16)25-24(23-18(3)29-32(27(23)34)19-7-5-4-6-8-19)26(33)31(28(25)35)20-9-10-21-22(12-20)37-15-36-21/h4-14H,15H2,1-3H3. The third kappa shape index (κ3) is 3.55. The number of benzene rings is 2. The zero-order valence-corrected chi connectivity index (χ0v) is 20.4. The van der Waals surface area contributed by atoms with E-state index in [1.54, 1.807) is 66.3 Å². The quantitative estimate of drug-likeness (QED) is 0.320. The Morgan fingerprint density at radius 3 is 2.30 bits per heavy atom. The van der Waals surface area contributed by atoms with Crippen LogP contribution in [0.15, 0.2) is 67.0 Å². The first kappa shape index (κ1) is 22.5. The zero-order chi connectivity index (χ0) is 25.8. The molecule has 0 aliphatic carbocycles. The summed E-state index contributed by atoms with van der Waals surface area (Å²) in [7, 11) is 0. The van der Waals surface area contributed by atoms with Gasteiger partial charge in [-0.3, -0.25) is 9.59 Å². The molecule has 0 atom stereocenters. The molecule has 2 aromatic heterocycles. The first-order chi connectivity index (χ1) is 17.8. The lowest BCUT2D eigenvalue weighted by Crippen LogP contribution is -2.40. The molecule has 2 amide bonds. The molecule has 4 heterocycles. The van der Waals surface area contributed by atoms with Crippen LogP contribution in [0.25, 0.3) is 17.0 Å². The Morgan fingerprint density at radius 1 is 0.865 bits per heavy atom. The summed E-state index contributed by atoms with van der Waals surface area (Å²) in [6.45, 7) is 5.52. The summed E-state index contributed by atoms with van der Waals surface area (Å²) in [6.07, 6.45) is 3.52. The highest BCUT2D eigenvalue weighted by Crippen LogP contribution is 2.41. The summed E-state index contributed by atoms with van der Waals surface area (Å²) >= 11 is 0. The summed E-state index contributed by atoms with van der Waals surface area (Å²) in [5.41, 5.74) is 3.20. The summed E-state index contributed by atoms with van der Waals surface area (Å²) < 4.78 is 13.7. The van der Waals surface area contributed by atoms with Crippen molar-refractivity contribution in [2.75, 3.05) is 11.7 Å². The van der Waals surface area contributed by atoms with Crippen LogP contribution < -0.4 is 24.0 Å². The largest absolute Gasteiger partial charge is 0.858 e. The van der Waals surface area contributed by atoms with Crippen molar-refractivity contribution in [1.29, 1.82) is 0 Å². The molecule has 9 nitrogen and oxygen atoms in total. The number of imide groups is 1. The molecule has 37 heavy (non-hydrogen) atoms. The maximum Gasteiger partial charge on any atom is 0.331 e. The minimum Gasteiger partial charge on any atom is -0.858 e. The molecule has 0 fully saturated rings. The fourth-order valence-electron chi connectivity index (χ4n) is 4.82. The van der Waals surface area contributed by atoms with Crippen molar-refractivity contribution < 1.29 is 28.7 Å². The van der Waals surface area contributed by atoms with Crippen LogP contribution in [-0.4, -0.2) is 28.4 Å². The molecule has 2 aliphatic rings. The Labute approximate surface area is 212 Å². The number of fused-ring (bicyclic) bond motifs is 1. The third-order valence-electron chi connectivity index (χ3n) is 6.34. The Balaban J connectivity index is 1.57. The predicted octanol–water partition coefficient (Wildman–Crippen LogP) is 2.83. The molecular weight excluding hydrogens is 472 g/mol. The molecule has 6 rings (SSSR count). The van der Waals surface area contributed by atoms with Gasteiger partial charge in [-0.2, -0.15) is 9.67 Å². The second-order valence-corrected chi connectivity index (χ2v) is 9.02. The Bertz CT molecular complexity index is 1620. The van der Waals surface area contributed by atoms with Crippen LogP contribution in [-0.2, 0) is 9.59 Å². The number of para-hydroxylation sites is 1. The topological polar surface area (TPSA) is 101 Å². The molecule has 0 saturated carbocycles. The average molecular weight is 495 g/mol. The van der Waals surface area contributed by atoms with Gasteiger partial charge < -0.3 is 14.6 Å². The monoisotopic (exact) mass is 494 g/mol. The maximum absolute atomic E-state index is 14.0. The summed E-state index contributed by atoms with van der Waals surface area (Å²) in [6, 6.07) is 15.8. The molecule has 0 saturated heterocycles. The van der Waals surface area contributed by atoms with E-state index in [9.17, 15) is 14.7 Å². The van der Waals surface area contributed by atoms with Gasteiger partial charge in [0.2, 0.25) is 6.79 Å². The number of hydrogen-bond acceptors (Lipinski definition) is 6. The van der Waals surface area contributed by atoms with E-state index in [0.717, 1.165) is 16.0 Å². The highest BCUT2D eigenvalue weighted by molar-refractivity contribution is 6.53. The number of aryl methyl sites for hydroxylation is 3. The van der Waals surface area contributed by atoms with E-state index in [2.05, 4.69) is 5.10 Å². The lowest BCUT2D eigenvalue weighted by atomic mass is 10.0. The van der Waals surface area contributed by atoms with Gasteiger partial charge in [-0.1, -0.05) is 18.2 Å². The van der Waals surface area contributed by atoms with Crippen LogP contribution in [0.3, 0.4) is 0 Å². The van der Waals surface area contributed by atoms with Gasteiger partial charge >= 0.3 is 5.91 Å². The van der Waals surface area contributed by atoms with E-state index in [4.69, 9.17) is 9.47 Å². The fourth-order valence-corrected chi connectivity index (χ4v) is 4.82. The van der Waals surface area contributed by atoms with E-state index in [0.29, 0.717) is 28.6 Å². The number of carbonyl (C=O) groups is 2. The molecule has 0 N–H and O–H groups in total. The first-order valence-electron chi connectivity index (χ1n) is 11.7. The van der Waals surface area contributed by atoms with Crippen molar-refractivity contribution in [2.45, 2.75) is 20.8 Å². The molecule has 2 aliphatic heterocycles. The fraction of sp³-hybridized carbons (Fsp3) is 0.143. The van der Waals surface area contributed by atoms with Crippen LogP contribution in [0, 0.1) is 20.8 Å². The van der Waals surface area contributed by atoms with Crippen molar-refractivity contribution in [3.05, 3.63) is 89.4 Å². The summed E-state index contributed by atoms with van der Waals surface area (Å²) in [4.78, 5) is 29.0. The molecule has 184 valence electrons. The number of rotatable bonds is 4. The van der Waals surface area contributed by atoms with Gasteiger partial charge in [0.05, 0.1) is 17.1 Å². The van der Waals surface area contributed by atoms with Crippen LogP contribution in [0.1, 0.15) is 22.4 Å². The van der Waals surface area contributed by atoms with Gasteiger partial charge in [-0.05, 0) is 57.0 Å². The highest BCUT2D eigenvalue weighted by atomic mass is 16.7. The molecule has 2 aromatic carbocycles. The highest BCUT2D eigenvalue weighted by Gasteiger charge is 2.47. The zero-order valence-electron chi connectivity index (χ0n) is 20.4. The smallest absolute Gasteiger partial charge is 0.331 e. The van der Waals surface area contributed by atoms with E-state index in [-0.39, 0.29) is 23.6 Å². The lowest BCUT2D eigenvalue weighted by Gasteiger charge is -2.16. The molecule has 4 aromatic rings. The molecular formula is C28H22N4O5. The van der Waals surface area contributed by atoms with Crippen molar-refractivity contribution in [2.24, 2.45) is 0 Å². The van der Waals surface area contributed by atoms with Gasteiger partial charge in [-0.15, -0.1) is 0 Å². The number of amides is 2. The average Bonchev–Trinajstić information content (AvgIpc) is 3.52. The number of nitrogens with zero attached hydrogens (tertiary/aromatic N) is 4. The SMILES string of the molecule is Cc1cc(C)c[n+](C2=C(c3c(C)nn(-c4ccccc4)c3[O-])C(=O)N(c3ccc4c(c3)OCO4)C2=O)c1. The number of anilines is 1. The number of aromatic nitrogens is 3. The van der Waals surface area contributed by atoms with E-state index < -0.39 is 17.7 Å². The van der Waals surface area contributed by atoms with Crippen LogP contribution >= 0.6 is 0 Å². The maximum atomic E-state index is 14.0. The van der Waals surface area contributed by atoms with E-state index >= 15 is 0 Å². The van der Waals surface area contributed by atoms with Crippen molar-refractivity contribution >= 4 is 28.8 Å². The minimum absolute atomic E-state index is 0.00217. The number of ether oxygens (including phenoxy) is 2. The predicted molar refractivity (Wildman–Crippen MR) is 132 cm³/mol. The van der Waals surface area contributed by atoms with Crippen LogP contribution in [0.2, 0.25) is 0 Å². The Morgan fingerprint density at radius 2 is 1.57 bits per heavy atom. The van der Waals surface area contributed by atoms with Gasteiger partial charge in [-0.25, -0.2) is 9.58 Å². The van der Waals surface area contributed by atoms with Crippen molar-refractivity contribution in [3.8, 4) is 23.1 Å². The number of pyridine rings is 1.